The molecule has 0 atom stereocenters. The minimum Gasteiger partial charge on any atom is -0.493 e. The fourth-order valence-corrected chi connectivity index (χ4v) is 3.62. The van der Waals surface area contributed by atoms with Crippen molar-refractivity contribution < 1.29 is 29.0 Å². The first kappa shape index (κ1) is 20.5. The molecule has 3 rings (SSSR count). The summed E-state index contributed by atoms with van der Waals surface area (Å²) in [6.07, 6.45) is 1.60. The Bertz CT molecular complexity index is 1000. The van der Waals surface area contributed by atoms with Crippen LogP contribution in [0.25, 0.3) is 6.08 Å². The molecule has 2 aromatic carbocycles. The summed E-state index contributed by atoms with van der Waals surface area (Å²) < 4.78 is 10.4. The highest BCUT2D eigenvalue weighted by molar-refractivity contribution is 8.18. The van der Waals surface area contributed by atoms with Crippen LogP contribution in [0.2, 0.25) is 0 Å². The van der Waals surface area contributed by atoms with Crippen molar-refractivity contribution in [2.24, 2.45) is 0 Å². The molecule has 0 aromatic heterocycles. The first-order chi connectivity index (χ1) is 13.9. The van der Waals surface area contributed by atoms with Crippen LogP contribution in [0.15, 0.2) is 47.4 Å². The van der Waals surface area contributed by atoms with E-state index in [2.05, 4.69) is 0 Å². The minimum absolute atomic E-state index is 0.222. The van der Waals surface area contributed by atoms with Crippen LogP contribution in [-0.4, -0.2) is 40.8 Å². The summed E-state index contributed by atoms with van der Waals surface area (Å²) in [6, 6.07) is 12.4. The number of carboxylic acids is 1. The third-order valence-corrected chi connectivity index (χ3v) is 5.21. The van der Waals surface area contributed by atoms with E-state index in [1.54, 1.807) is 24.3 Å². The van der Waals surface area contributed by atoms with Gasteiger partial charge in [-0.3, -0.25) is 14.5 Å². The Morgan fingerprint density at radius 2 is 1.93 bits per heavy atom. The molecule has 1 N–H and O–H groups in total. The summed E-state index contributed by atoms with van der Waals surface area (Å²) >= 11 is 0.882. The molecule has 0 radical (unpaired) electrons. The predicted octanol–water partition coefficient (Wildman–Crippen LogP) is 3.70. The number of hydrogen-bond acceptors (Lipinski definition) is 6. The SMILES string of the molecule is COc1cc(/C=C2\SC(=O)N(Cc3ccccc3C)C2=O)ccc1OCC(=O)O. The zero-order chi connectivity index (χ0) is 21.0. The highest BCUT2D eigenvalue weighted by Crippen LogP contribution is 2.35. The van der Waals surface area contributed by atoms with Crippen molar-refractivity contribution >= 4 is 35.0 Å². The van der Waals surface area contributed by atoms with Gasteiger partial charge in [0, 0.05) is 0 Å². The van der Waals surface area contributed by atoms with Gasteiger partial charge < -0.3 is 14.6 Å². The number of benzene rings is 2. The molecule has 0 spiro atoms. The number of methoxy groups -OCH3 is 1. The van der Waals surface area contributed by atoms with Gasteiger partial charge in [-0.25, -0.2) is 4.79 Å². The molecule has 150 valence electrons. The Labute approximate surface area is 171 Å². The Morgan fingerprint density at radius 3 is 2.62 bits per heavy atom. The van der Waals surface area contributed by atoms with Gasteiger partial charge in [0.2, 0.25) is 0 Å². The van der Waals surface area contributed by atoms with E-state index in [0.717, 1.165) is 22.9 Å². The first-order valence-corrected chi connectivity index (χ1v) is 9.53. The van der Waals surface area contributed by atoms with E-state index in [-0.39, 0.29) is 23.4 Å². The van der Waals surface area contributed by atoms with Crippen molar-refractivity contribution in [3.8, 4) is 11.5 Å². The lowest BCUT2D eigenvalue weighted by Crippen LogP contribution is -2.27. The van der Waals surface area contributed by atoms with E-state index in [1.165, 1.54) is 12.0 Å². The summed E-state index contributed by atoms with van der Waals surface area (Å²) in [6.45, 7) is 1.66. The molecule has 7 nitrogen and oxygen atoms in total. The molecule has 0 bridgehead atoms. The van der Waals surface area contributed by atoms with Crippen LogP contribution in [0, 0.1) is 6.92 Å². The molecule has 1 heterocycles. The number of amides is 2. The van der Waals surface area contributed by atoms with Gasteiger partial charge in [0.05, 0.1) is 18.6 Å². The molecule has 1 saturated heterocycles. The fourth-order valence-electron chi connectivity index (χ4n) is 2.78. The molecular weight excluding hydrogens is 394 g/mol. The topological polar surface area (TPSA) is 93.1 Å². The number of carbonyl (C=O) groups is 3. The molecule has 0 aliphatic carbocycles. The predicted molar refractivity (Wildman–Crippen MR) is 109 cm³/mol. The Hall–Kier alpha value is -3.26. The van der Waals surface area contributed by atoms with Crippen LogP contribution in [0.4, 0.5) is 4.79 Å². The van der Waals surface area contributed by atoms with Gasteiger partial charge in [0.15, 0.2) is 18.1 Å². The van der Waals surface area contributed by atoms with Gasteiger partial charge in [-0.05, 0) is 53.6 Å². The number of carbonyl (C=O) groups excluding carboxylic acids is 2. The summed E-state index contributed by atoms with van der Waals surface area (Å²) in [5.74, 6) is -0.842. The van der Waals surface area contributed by atoms with Crippen LogP contribution in [-0.2, 0) is 16.1 Å². The molecule has 0 saturated carbocycles. The van der Waals surface area contributed by atoms with E-state index in [4.69, 9.17) is 14.6 Å². The molecule has 0 unspecified atom stereocenters. The monoisotopic (exact) mass is 413 g/mol. The maximum atomic E-state index is 12.7. The summed E-state index contributed by atoms with van der Waals surface area (Å²) in [5, 5.41) is 8.41. The molecule has 1 aliphatic rings. The largest absolute Gasteiger partial charge is 0.493 e. The number of hydrogen-bond donors (Lipinski definition) is 1. The maximum Gasteiger partial charge on any atom is 0.341 e. The smallest absolute Gasteiger partial charge is 0.341 e. The lowest BCUT2D eigenvalue weighted by atomic mass is 10.1. The number of carboxylic acid groups (broad SMARTS) is 1. The summed E-state index contributed by atoms with van der Waals surface area (Å²) in [5.41, 5.74) is 2.56. The number of aryl methyl sites for hydroxylation is 1. The molecular formula is C21H19NO6S. The minimum atomic E-state index is -1.10. The van der Waals surface area contributed by atoms with E-state index in [0.29, 0.717) is 16.2 Å². The standard InChI is InChI=1S/C21H19NO6S/c1-13-5-3-4-6-15(13)11-22-20(25)18(29-21(22)26)10-14-7-8-16(17(9-14)27-2)28-12-19(23)24/h3-10H,11-12H2,1-2H3,(H,23,24)/b18-10-. The van der Waals surface area contributed by atoms with Crippen molar-refractivity contribution in [2.75, 3.05) is 13.7 Å². The first-order valence-electron chi connectivity index (χ1n) is 8.71. The van der Waals surface area contributed by atoms with Gasteiger partial charge in [0.25, 0.3) is 11.1 Å². The van der Waals surface area contributed by atoms with Gasteiger partial charge >= 0.3 is 5.97 Å². The third kappa shape index (κ3) is 4.78. The average Bonchev–Trinajstić information content (AvgIpc) is 2.95. The number of rotatable bonds is 7. The van der Waals surface area contributed by atoms with Crippen LogP contribution >= 0.6 is 11.8 Å². The normalized spacial score (nSPS) is 15.1. The van der Waals surface area contributed by atoms with Crippen LogP contribution in [0.1, 0.15) is 16.7 Å². The Morgan fingerprint density at radius 1 is 1.17 bits per heavy atom. The Kier molecular flexibility index (Phi) is 6.23. The highest BCUT2D eigenvalue weighted by Gasteiger charge is 2.35. The molecule has 8 heteroatoms. The average molecular weight is 413 g/mol. The van der Waals surface area contributed by atoms with Gasteiger partial charge in [0.1, 0.15) is 0 Å². The second-order valence-corrected chi connectivity index (χ2v) is 7.28. The molecule has 2 aromatic rings. The quantitative estimate of drug-likeness (QED) is 0.692. The number of imide groups is 1. The lowest BCUT2D eigenvalue weighted by molar-refractivity contribution is -0.139. The van der Waals surface area contributed by atoms with Crippen LogP contribution < -0.4 is 9.47 Å². The van der Waals surface area contributed by atoms with Gasteiger partial charge in [-0.15, -0.1) is 0 Å². The van der Waals surface area contributed by atoms with E-state index in [1.807, 2.05) is 31.2 Å². The molecule has 29 heavy (non-hydrogen) atoms. The molecule has 1 fully saturated rings. The van der Waals surface area contributed by atoms with Crippen molar-refractivity contribution in [2.45, 2.75) is 13.5 Å². The van der Waals surface area contributed by atoms with Crippen LogP contribution in [0.5, 0.6) is 11.5 Å². The second-order valence-electron chi connectivity index (χ2n) is 6.29. The number of aliphatic carboxylic acids is 1. The fraction of sp³-hybridized carbons (Fsp3) is 0.190. The number of nitrogens with zero attached hydrogens (tertiary/aromatic N) is 1. The van der Waals surface area contributed by atoms with E-state index < -0.39 is 12.6 Å². The van der Waals surface area contributed by atoms with Crippen molar-refractivity contribution in [1.82, 2.24) is 4.90 Å². The summed E-state index contributed by atoms with van der Waals surface area (Å²) in [4.78, 5) is 37.3. The lowest BCUT2D eigenvalue weighted by Gasteiger charge is -2.14. The third-order valence-electron chi connectivity index (χ3n) is 4.30. The summed E-state index contributed by atoms with van der Waals surface area (Å²) in [7, 11) is 1.43. The zero-order valence-electron chi connectivity index (χ0n) is 15.9. The van der Waals surface area contributed by atoms with Gasteiger partial charge in [-0.2, -0.15) is 0 Å². The second kappa shape index (κ2) is 8.83. The zero-order valence-corrected chi connectivity index (χ0v) is 16.7. The highest BCUT2D eigenvalue weighted by atomic mass is 32.2. The van der Waals surface area contributed by atoms with E-state index in [9.17, 15) is 14.4 Å². The number of ether oxygens (including phenoxy) is 2. The van der Waals surface area contributed by atoms with Crippen molar-refractivity contribution in [3.05, 3.63) is 64.1 Å². The Balaban J connectivity index is 1.80. The maximum absolute atomic E-state index is 12.7. The molecule has 2 amide bonds. The van der Waals surface area contributed by atoms with Gasteiger partial charge in [-0.1, -0.05) is 30.3 Å². The van der Waals surface area contributed by atoms with Crippen molar-refractivity contribution in [1.29, 1.82) is 0 Å². The molecule has 1 aliphatic heterocycles. The van der Waals surface area contributed by atoms with E-state index >= 15 is 0 Å². The van der Waals surface area contributed by atoms with Crippen molar-refractivity contribution in [3.63, 3.8) is 0 Å². The van der Waals surface area contributed by atoms with Crippen LogP contribution in [0.3, 0.4) is 0 Å². The number of thioether (sulfide) groups is 1.